The lowest BCUT2D eigenvalue weighted by Crippen LogP contribution is -2.26. The summed E-state index contributed by atoms with van der Waals surface area (Å²) >= 11 is 3.14. The molecule has 15 heavy (non-hydrogen) atoms. The van der Waals surface area contributed by atoms with Gasteiger partial charge in [0.25, 0.3) is 0 Å². The van der Waals surface area contributed by atoms with Crippen molar-refractivity contribution in [3.05, 3.63) is 22.7 Å². The highest BCUT2D eigenvalue weighted by molar-refractivity contribution is 9.10. The molecule has 0 aliphatic rings. The molecule has 0 spiro atoms. The summed E-state index contributed by atoms with van der Waals surface area (Å²) < 4.78 is 25.9. The minimum absolute atomic E-state index is 0.00959. The van der Waals surface area contributed by atoms with Crippen molar-refractivity contribution in [2.24, 2.45) is 0 Å². The van der Waals surface area contributed by atoms with Crippen molar-refractivity contribution in [1.82, 2.24) is 4.72 Å². The fourth-order valence-corrected chi connectivity index (χ4v) is 2.52. The molecule has 0 heterocycles. The van der Waals surface area contributed by atoms with E-state index < -0.39 is 10.0 Å². The summed E-state index contributed by atoms with van der Waals surface area (Å²) in [5.74, 6) is 0. The Kier molecular flexibility index (Phi) is 4.09. The van der Waals surface area contributed by atoms with E-state index >= 15 is 0 Å². The number of nitrogens with one attached hydrogen (secondary N) is 1. The molecule has 1 aromatic carbocycles. The Bertz CT molecular complexity index is 447. The summed E-state index contributed by atoms with van der Waals surface area (Å²) in [5, 5.41) is 8.52. The van der Waals surface area contributed by atoms with Gasteiger partial charge in [0, 0.05) is 16.7 Å². The number of aliphatic hydroxyl groups is 1. The molecule has 1 rings (SSSR count). The van der Waals surface area contributed by atoms with E-state index in [0.29, 0.717) is 10.2 Å². The fraction of sp³-hybridized carbons (Fsp3) is 0.250. The van der Waals surface area contributed by atoms with Gasteiger partial charge in [-0.3, -0.25) is 0 Å². The Morgan fingerprint density at radius 1 is 1.47 bits per heavy atom. The number of benzene rings is 1. The van der Waals surface area contributed by atoms with Crippen LogP contribution in [0, 0.1) is 0 Å². The van der Waals surface area contributed by atoms with Gasteiger partial charge < -0.3 is 10.8 Å². The Labute approximate surface area is 96.5 Å². The maximum Gasteiger partial charge on any atom is 0.240 e. The third-order valence-electron chi connectivity index (χ3n) is 1.69. The molecule has 7 heteroatoms. The summed E-state index contributed by atoms with van der Waals surface area (Å²) in [6.45, 7) is -0.250. The maximum atomic E-state index is 11.6. The van der Waals surface area contributed by atoms with E-state index in [0.717, 1.165) is 0 Å². The molecule has 1 aromatic rings. The van der Waals surface area contributed by atoms with Gasteiger partial charge in [0.2, 0.25) is 10.0 Å². The SMILES string of the molecule is Nc1ccc(S(=O)(=O)NCCO)cc1Br. The van der Waals surface area contributed by atoms with Crippen LogP contribution in [-0.4, -0.2) is 26.7 Å². The predicted molar refractivity (Wildman–Crippen MR) is 60.8 cm³/mol. The van der Waals surface area contributed by atoms with Gasteiger partial charge in [0.05, 0.1) is 11.5 Å². The van der Waals surface area contributed by atoms with Crippen LogP contribution >= 0.6 is 15.9 Å². The first-order chi connectivity index (χ1) is 6.97. The first-order valence-electron chi connectivity index (χ1n) is 4.13. The van der Waals surface area contributed by atoms with Crippen LogP contribution in [0.2, 0.25) is 0 Å². The van der Waals surface area contributed by atoms with Crippen LogP contribution in [0.3, 0.4) is 0 Å². The van der Waals surface area contributed by atoms with Crippen LogP contribution in [0.4, 0.5) is 5.69 Å². The number of aliphatic hydroxyl groups excluding tert-OH is 1. The Balaban J connectivity index is 3.00. The van der Waals surface area contributed by atoms with Crippen molar-refractivity contribution >= 4 is 31.6 Å². The summed E-state index contributed by atoms with van der Waals surface area (Å²) in [4.78, 5) is 0.108. The molecule has 0 amide bonds. The lowest BCUT2D eigenvalue weighted by atomic mass is 10.3. The Hall–Kier alpha value is -0.630. The molecule has 0 fully saturated rings. The molecule has 0 radical (unpaired) electrons. The third kappa shape index (κ3) is 3.16. The minimum Gasteiger partial charge on any atom is -0.398 e. The largest absolute Gasteiger partial charge is 0.398 e. The van der Waals surface area contributed by atoms with Gasteiger partial charge in [-0.15, -0.1) is 0 Å². The second kappa shape index (κ2) is 4.93. The molecule has 5 nitrogen and oxygen atoms in total. The van der Waals surface area contributed by atoms with Crippen LogP contribution < -0.4 is 10.5 Å². The predicted octanol–water partition coefficient (Wildman–Crippen LogP) is 0.302. The molecule has 4 N–H and O–H groups in total. The molecular formula is C8H11BrN2O3S. The van der Waals surface area contributed by atoms with Crippen molar-refractivity contribution in [3.63, 3.8) is 0 Å². The molecule has 0 aromatic heterocycles. The molecule has 84 valence electrons. The van der Waals surface area contributed by atoms with E-state index in [9.17, 15) is 8.42 Å². The van der Waals surface area contributed by atoms with Gasteiger partial charge in [-0.05, 0) is 34.1 Å². The Morgan fingerprint density at radius 2 is 2.13 bits per heavy atom. The maximum absolute atomic E-state index is 11.6. The highest BCUT2D eigenvalue weighted by atomic mass is 79.9. The second-order valence-corrected chi connectivity index (χ2v) is 5.43. The van der Waals surface area contributed by atoms with Crippen molar-refractivity contribution < 1.29 is 13.5 Å². The van der Waals surface area contributed by atoms with Gasteiger partial charge in [-0.25, -0.2) is 13.1 Å². The number of hydrogen-bond donors (Lipinski definition) is 3. The lowest BCUT2D eigenvalue weighted by molar-refractivity contribution is 0.301. The first-order valence-corrected chi connectivity index (χ1v) is 6.40. The normalized spacial score (nSPS) is 11.6. The van der Waals surface area contributed by atoms with Gasteiger partial charge in [0.15, 0.2) is 0 Å². The number of hydrogen-bond acceptors (Lipinski definition) is 4. The summed E-state index contributed by atoms with van der Waals surface area (Å²) in [6.07, 6.45) is 0. The van der Waals surface area contributed by atoms with Crippen molar-refractivity contribution in [1.29, 1.82) is 0 Å². The smallest absolute Gasteiger partial charge is 0.240 e. The average molecular weight is 295 g/mol. The number of halogens is 1. The highest BCUT2D eigenvalue weighted by Crippen LogP contribution is 2.22. The monoisotopic (exact) mass is 294 g/mol. The standard InChI is InChI=1S/C8H11BrN2O3S/c9-7-5-6(1-2-8(7)10)15(13,14)11-3-4-12/h1-2,5,11-12H,3-4,10H2. The van der Waals surface area contributed by atoms with E-state index in [4.69, 9.17) is 10.8 Å². The summed E-state index contributed by atoms with van der Waals surface area (Å²) in [6, 6.07) is 4.31. The zero-order valence-electron chi connectivity index (χ0n) is 7.77. The molecule has 0 aliphatic carbocycles. The summed E-state index contributed by atoms with van der Waals surface area (Å²) in [7, 11) is -3.56. The van der Waals surface area contributed by atoms with E-state index in [2.05, 4.69) is 20.7 Å². The first kappa shape index (κ1) is 12.4. The Morgan fingerprint density at radius 3 is 2.67 bits per heavy atom. The van der Waals surface area contributed by atoms with Gasteiger partial charge >= 0.3 is 0 Å². The fourth-order valence-electron chi connectivity index (χ4n) is 0.938. The third-order valence-corrected chi connectivity index (χ3v) is 3.83. The zero-order valence-corrected chi connectivity index (χ0v) is 10.2. The van der Waals surface area contributed by atoms with E-state index in [1.807, 2.05) is 0 Å². The highest BCUT2D eigenvalue weighted by Gasteiger charge is 2.13. The van der Waals surface area contributed by atoms with Crippen LogP contribution in [-0.2, 0) is 10.0 Å². The van der Waals surface area contributed by atoms with E-state index in [1.54, 1.807) is 0 Å². The van der Waals surface area contributed by atoms with Crippen molar-refractivity contribution in [2.75, 3.05) is 18.9 Å². The minimum atomic E-state index is -3.56. The molecule has 0 saturated heterocycles. The molecule has 0 atom stereocenters. The summed E-state index contributed by atoms with van der Waals surface area (Å²) in [5.41, 5.74) is 6.00. The van der Waals surface area contributed by atoms with Crippen LogP contribution in [0.25, 0.3) is 0 Å². The van der Waals surface area contributed by atoms with E-state index in [1.165, 1.54) is 18.2 Å². The van der Waals surface area contributed by atoms with Gasteiger partial charge in [0.1, 0.15) is 0 Å². The van der Waals surface area contributed by atoms with Crippen LogP contribution in [0.1, 0.15) is 0 Å². The molecule has 0 aliphatic heterocycles. The molecule has 0 bridgehead atoms. The average Bonchev–Trinajstić information content (AvgIpc) is 2.19. The van der Waals surface area contributed by atoms with Gasteiger partial charge in [-0.2, -0.15) is 0 Å². The number of nitrogen functional groups attached to an aromatic ring is 1. The van der Waals surface area contributed by atoms with Crippen molar-refractivity contribution in [2.45, 2.75) is 4.90 Å². The number of nitrogens with two attached hydrogens (primary N) is 1. The van der Waals surface area contributed by atoms with Crippen molar-refractivity contribution in [3.8, 4) is 0 Å². The molecule has 0 saturated carbocycles. The lowest BCUT2D eigenvalue weighted by Gasteiger charge is -2.06. The van der Waals surface area contributed by atoms with E-state index in [-0.39, 0.29) is 18.0 Å². The second-order valence-electron chi connectivity index (χ2n) is 2.80. The van der Waals surface area contributed by atoms with Crippen LogP contribution in [0.15, 0.2) is 27.6 Å². The van der Waals surface area contributed by atoms with Crippen LogP contribution in [0.5, 0.6) is 0 Å². The number of sulfonamides is 1. The quantitative estimate of drug-likeness (QED) is 0.697. The van der Waals surface area contributed by atoms with Gasteiger partial charge in [-0.1, -0.05) is 0 Å². The number of rotatable bonds is 4. The number of anilines is 1. The zero-order chi connectivity index (χ0) is 11.5. The topological polar surface area (TPSA) is 92.4 Å². The molecular weight excluding hydrogens is 284 g/mol. The molecule has 0 unspecified atom stereocenters.